The molecule has 4 nitrogen and oxygen atoms in total. The highest BCUT2D eigenvalue weighted by molar-refractivity contribution is 6.32. The lowest BCUT2D eigenvalue weighted by atomic mass is 10.0. The molecule has 0 unspecified atom stereocenters. The predicted octanol–water partition coefficient (Wildman–Crippen LogP) is 3.68. The van der Waals surface area contributed by atoms with Crippen LogP contribution in [0.15, 0.2) is 36.4 Å². The number of carbonyl (C=O) groups excluding carboxylic acids is 1. The average Bonchev–Trinajstić information content (AvgIpc) is 2.93. The summed E-state index contributed by atoms with van der Waals surface area (Å²) in [6.07, 6.45) is 0. The van der Waals surface area contributed by atoms with Crippen LogP contribution in [0.3, 0.4) is 0 Å². The maximum atomic E-state index is 13.6. The molecule has 0 aromatic heterocycles. The van der Waals surface area contributed by atoms with Crippen molar-refractivity contribution in [1.29, 1.82) is 0 Å². The summed E-state index contributed by atoms with van der Waals surface area (Å²) in [5.41, 5.74) is 2.13. The fourth-order valence-corrected chi connectivity index (χ4v) is 2.80. The van der Waals surface area contributed by atoms with Crippen molar-refractivity contribution < 1.29 is 13.9 Å². The van der Waals surface area contributed by atoms with E-state index in [0.29, 0.717) is 24.4 Å². The Morgan fingerprint density at radius 2 is 2.00 bits per heavy atom. The average molecular weight is 321 g/mol. The molecule has 2 aromatic rings. The van der Waals surface area contributed by atoms with E-state index >= 15 is 0 Å². The van der Waals surface area contributed by atoms with Gasteiger partial charge in [-0.2, -0.15) is 0 Å². The predicted molar refractivity (Wildman–Crippen MR) is 84.1 cm³/mol. The number of anilines is 1. The van der Waals surface area contributed by atoms with E-state index in [1.54, 1.807) is 4.90 Å². The first-order chi connectivity index (χ1) is 10.6. The number of halogens is 2. The molecule has 2 amide bonds. The van der Waals surface area contributed by atoms with Gasteiger partial charge in [0.2, 0.25) is 0 Å². The maximum absolute atomic E-state index is 13.6. The number of amides is 2. The van der Waals surface area contributed by atoms with Crippen LogP contribution < -0.4 is 15.0 Å². The topological polar surface area (TPSA) is 41.6 Å². The van der Waals surface area contributed by atoms with Crippen molar-refractivity contribution in [1.82, 2.24) is 5.32 Å². The molecule has 0 saturated carbocycles. The lowest BCUT2D eigenvalue weighted by molar-refractivity contribution is 0.252. The highest BCUT2D eigenvalue weighted by Gasteiger charge is 2.21. The molecule has 0 aliphatic carbocycles. The van der Waals surface area contributed by atoms with E-state index in [0.717, 1.165) is 11.3 Å². The van der Waals surface area contributed by atoms with Crippen molar-refractivity contribution in [3.05, 3.63) is 47.2 Å². The van der Waals surface area contributed by atoms with Gasteiger partial charge in [-0.3, -0.25) is 4.90 Å². The van der Waals surface area contributed by atoms with E-state index in [-0.39, 0.29) is 11.1 Å². The molecular formula is C16H14ClFN2O2. The summed E-state index contributed by atoms with van der Waals surface area (Å²) in [4.78, 5) is 13.3. The largest absolute Gasteiger partial charge is 0.495 e. The van der Waals surface area contributed by atoms with Crippen molar-refractivity contribution in [2.45, 2.75) is 0 Å². The molecule has 1 heterocycles. The van der Waals surface area contributed by atoms with Crippen molar-refractivity contribution >= 4 is 23.3 Å². The van der Waals surface area contributed by atoms with Crippen LogP contribution in [0.5, 0.6) is 5.75 Å². The molecule has 0 bridgehead atoms. The first kappa shape index (κ1) is 14.7. The summed E-state index contributed by atoms with van der Waals surface area (Å²) in [6.45, 7) is 1.27. The quantitative estimate of drug-likeness (QED) is 0.937. The van der Waals surface area contributed by atoms with E-state index in [1.165, 1.54) is 19.2 Å². The summed E-state index contributed by atoms with van der Waals surface area (Å²) < 4.78 is 18.9. The third-order valence-corrected chi connectivity index (χ3v) is 3.84. The number of methoxy groups -OCH3 is 1. The molecule has 1 saturated heterocycles. The van der Waals surface area contributed by atoms with Crippen LogP contribution in [-0.2, 0) is 0 Å². The second-order valence-corrected chi connectivity index (χ2v) is 5.31. The van der Waals surface area contributed by atoms with Gasteiger partial charge in [-0.25, -0.2) is 9.18 Å². The van der Waals surface area contributed by atoms with Crippen LogP contribution in [0.25, 0.3) is 11.1 Å². The highest BCUT2D eigenvalue weighted by Crippen LogP contribution is 2.37. The van der Waals surface area contributed by atoms with Gasteiger partial charge in [-0.1, -0.05) is 23.7 Å². The van der Waals surface area contributed by atoms with Gasteiger partial charge in [-0.05, 0) is 29.8 Å². The normalized spacial score (nSPS) is 14.1. The standard InChI is InChI=1S/C16H14ClFN2O2/c1-22-15-13(8-11(18)9-14(15)17)10-2-4-12(5-3-10)20-7-6-19-16(20)21/h2-5,8-9H,6-7H2,1H3,(H,19,21). The van der Waals surface area contributed by atoms with Gasteiger partial charge in [0, 0.05) is 24.3 Å². The lowest BCUT2D eigenvalue weighted by Gasteiger charge is -2.15. The van der Waals surface area contributed by atoms with Crippen molar-refractivity contribution in [2.24, 2.45) is 0 Å². The van der Waals surface area contributed by atoms with Crippen LogP contribution in [0.2, 0.25) is 5.02 Å². The number of hydrogen-bond donors (Lipinski definition) is 1. The summed E-state index contributed by atoms with van der Waals surface area (Å²) in [7, 11) is 1.49. The minimum Gasteiger partial charge on any atom is -0.495 e. The first-order valence-corrected chi connectivity index (χ1v) is 7.17. The number of ether oxygens (including phenoxy) is 1. The second-order valence-electron chi connectivity index (χ2n) is 4.90. The Morgan fingerprint density at radius 1 is 1.27 bits per heavy atom. The minimum atomic E-state index is -0.427. The van der Waals surface area contributed by atoms with E-state index in [9.17, 15) is 9.18 Å². The van der Waals surface area contributed by atoms with Gasteiger partial charge in [0.15, 0.2) is 0 Å². The number of nitrogens with one attached hydrogen (secondary N) is 1. The Morgan fingerprint density at radius 3 is 2.59 bits per heavy atom. The van der Waals surface area contributed by atoms with Gasteiger partial charge >= 0.3 is 6.03 Å². The number of carbonyl (C=O) groups is 1. The van der Waals surface area contributed by atoms with E-state index in [2.05, 4.69) is 5.32 Å². The molecule has 1 aliphatic heterocycles. The molecule has 22 heavy (non-hydrogen) atoms. The van der Waals surface area contributed by atoms with Crippen LogP contribution in [0, 0.1) is 5.82 Å². The van der Waals surface area contributed by atoms with Crippen molar-refractivity contribution in [3.63, 3.8) is 0 Å². The van der Waals surface area contributed by atoms with E-state index < -0.39 is 5.82 Å². The fraction of sp³-hybridized carbons (Fsp3) is 0.188. The van der Waals surface area contributed by atoms with Crippen LogP contribution in [-0.4, -0.2) is 26.2 Å². The summed E-state index contributed by atoms with van der Waals surface area (Å²) in [5, 5.41) is 2.97. The highest BCUT2D eigenvalue weighted by atomic mass is 35.5. The van der Waals surface area contributed by atoms with Gasteiger partial charge < -0.3 is 10.1 Å². The molecule has 3 rings (SSSR count). The zero-order valence-corrected chi connectivity index (χ0v) is 12.7. The number of nitrogens with zero attached hydrogens (tertiary/aromatic N) is 1. The summed E-state index contributed by atoms with van der Waals surface area (Å²) in [5.74, 6) is -0.00136. The number of rotatable bonds is 3. The smallest absolute Gasteiger partial charge is 0.321 e. The molecular weight excluding hydrogens is 307 g/mol. The summed E-state index contributed by atoms with van der Waals surface area (Å²) in [6, 6.07) is 9.74. The molecule has 2 aromatic carbocycles. The monoisotopic (exact) mass is 320 g/mol. The molecule has 1 N–H and O–H groups in total. The zero-order valence-electron chi connectivity index (χ0n) is 11.9. The molecule has 0 spiro atoms. The molecule has 114 valence electrons. The van der Waals surface area contributed by atoms with E-state index in [1.807, 2.05) is 24.3 Å². The number of urea groups is 1. The number of hydrogen-bond acceptors (Lipinski definition) is 2. The van der Waals surface area contributed by atoms with Crippen LogP contribution >= 0.6 is 11.6 Å². The van der Waals surface area contributed by atoms with E-state index in [4.69, 9.17) is 16.3 Å². The Labute approximate surface area is 132 Å². The Hall–Kier alpha value is -2.27. The third kappa shape index (κ3) is 2.60. The lowest BCUT2D eigenvalue weighted by Crippen LogP contribution is -2.27. The fourth-order valence-electron chi connectivity index (χ4n) is 2.52. The molecule has 6 heteroatoms. The van der Waals surface area contributed by atoms with Gasteiger partial charge in [0.1, 0.15) is 11.6 Å². The zero-order chi connectivity index (χ0) is 15.7. The summed E-state index contributed by atoms with van der Waals surface area (Å²) >= 11 is 6.01. The molecule has 1 fully saturated rings. The van der Waals surface area contributed by atoms with Crippen molar-refractivity contribution in [3.8, 4) is 16.9 Å². The maximum Gasteiger partial charge on any atom is 0.321 e. The Kier molecular flexibility index (Phi) is 3.90. The second kappa shape index (κ2) is 5.85. The van der Waals surface area contributed by atoms with Crippen molar-refractivity contribution in [2.75, 3.05) is 25.1 Å². The molecule has 1 aliphatic rings. The van der Waals surface area contributed by atoms with Gasteiger partial charge in [-0.15, -0.1) is 0 Å². The first-order valence-electron chi connectivity index (χ1n) is 6.79. The van der Waals surface area contributed by atoms with Gasteiger partial charge in [0.05, 0.1) is 12.1 Å². The van der Waals surface area contributed by atoms with Crippen LogP contribution in [0.1, 0.15) is 0 Å². The Bertz CT molecular complexity index is 719. The van der Waals surface area contributed by atoms with Gasteiger partial charge in [0.25, 0.3) is 0 Å². The SMILES string of the molecule is COc1c(Cl)cc(F)cc1-c1ccc(N2CCNC2=O)cc1. The minimum absolute atomic E-state index is 0.112. The molecule has 0 atom stereocenters. The number of benzene rings is 2. The van der Waals surface area contributed by atoms with Crippen LogP contribution in [0.4, 0.5) is 14.9 Å². The Balaban J connectivity index is 1.98. The third-order valence-electron chi connectivity index (χ3n) is 3.56. The molecule has 0 radical (unpaired) electrons.